The van der Waals surface area contributed by atoms with Gasteiger partial charge in [-0.3, -0.25) is 0 Å². The van der Waals surface area contributed by atoms with E-state index in [-0.39, 0.29) is 11.7 Å². The van der Waals surface area contributed by atoms with E-state index in [4.69, 9.17) is 15.4 Å². The topological polar surface area (TPSA) is 43.4 Å². The molecule has 114 valence electrons. The van der Waals surface area contributed by atoms with Crippen LogP contribution in [0.5, 0.6) is 5.75 Å². The summed E-state index contributed by atoms with van der Waals surface area (Å²) < 4.78 is 27.6. The Morgan fingerprint density at radius 3 is 2.45 bits per heavy atom. The molecular weight excluding hydrogens is 296 g/mol. The van der Waals surface area contributed by atoms with Gasteiger partial charge in [0.05, 0.1) is 12.4 Å². The Bertz CT molecular complexity index is 552. The lowest BCUT2D eigenvalue weighted by Gasteiger charge is -2.14. The zero-order chi connectivity index (χ0) is 15.3. The smallest absolute Gasteiger partial charge is 0.232 e. The Balaban J connectivity index is 2.45. The molecule has 0 bridgehead atoms. The Morgan fingerprint density at radius 2 is 1.85 bits per heavy atom. The average Bonchev–Trinajstić information content (AvgIpc) is 2.31. The maximum absolute atomic E-state index is 10.9. The summed E-state index contributed by atoms with van der Waals surface area (Å²) in [5.41, 5.74) is 3.57. The Hall–Kier alpha value is -0.740. The fourth-order valence-corrected chi connectivity index (χ4v) is 2.96. The third-order valence-corrected chi connectivity index (χ3v) is 4.67. The largest absolute Gasteiger partial charge is 0.493 e. The van der Waals surface area contributed by atoms with Gasteiger partial charge in [0.2, 0.25) is 9.05 Å². The Morgan fingerprint density at radius 1 is 1.20 bits per heavy atom. The molecule has 0 amide bonds. The number of hydrogen-bond acceptors (Lipinski definition) is 3. The summed E-state index contributed by atoms with van der Waals surface area (Å²) >= 11 is 0. The molecule has 0 heterocycles. The van der Waals surface area contributed by atoms with E-state index in [9.17, 15) is 8.42 Å². The van der Waals surface area contributed by atoms with Crippen LogP contribution in [0, 0.1) is 26.7 Å². The summed E-state index contributed by atoms with van der Waals surface area (Å²) in [6.07, 6.45) is 1.39. The molecule has 0 aliphatic carbocycles. The second-order valence-electron chi connectivity index (χ2n) is 5.48. The zero-order valence-corrected chi connectivity index (χ0v) is 14.1. The summed E-state index contributed by atoms with van der Waals surface area (Å²) in [5, 5.41) is 0. The van der Waals surface area contributed by atoms with Crippen LogP contribution in [0.2, 0.25) is 0 Å². The van der Waals surface area contributed by atoms with Gasteiger partial charge in [0.1, 0.15) is 5.75 Å². The summed E-state index contributed by atoms with van der Waals surface area (Å²) in [5.74, 6) is 1.22. The van der Waals surface area contributed by atoms with Gasteiger partial charge >= 0.3 is 0 Å². The molecule has 0 aliphatic rings. The predicted molar refractivity (Wildman–Crippen MR) is 84.2 cm³/mol. The number of benzene rings is 1. The summed E-state index contributed by atoms with van der Waals surface area (Å²) in [4.78, 5) is 0. The van der Waals surface area contributed by atoms with Crippen LogP contribution in [0.3, 0.4) is 0 Å². The Labute approximate surface area is 126 Å². The first-order valence-electron chi connectivity index (χ1n) is 6.82. The van der Waals surface area contributed by atoms with E-state index in [1.165, 1.54) is 11.1 Å². The highest BCUT2D eigenvalue weighted by Crippen LogP contribution is 2.24. The van der Waals surface area contributed by atoms with Crippen LogP contribution in [0.25, 0.3) is 0 Å². The molecule has 20 heavy (non-hydrogen) atoms. The van der Waals surface area contributed by atoms with Crippen LogP contribution in [-0.2, 0) is 9.05 Å². The van der Waals surface area contributed by atoms with E-state index < -0.39 is 9.05 Å². The fourth-order valence-electron chi connectivity index (χ4n) is 2.01. The molecule has 1 aromatic rings. The molecule has 1 unspecified atom stereocenters. The molecule has 0 aromatic heterocycles. The highest BCUT2D eigenvalue weighted by molar-refractivity contribution is 8.13. The summed E-state index contributed by atoms with van der Waals surface area (Å²) in [6, 6.07) is 4.17. The molecule has 0 N–H and O–H groups in total. The summed E-state index contributed by atoms with van der Waals surface area (Å²) in [6.45, 7) is 8.77. The van der Waals surface area contributed by atoms with E-state index in [0.717, 1.165) is 17.7 Å². The van der Waals surface area contributed by atoms with Crippen molar-refractivity contribution in [3.8, 4) is 5.75 Å². The van der Waals surface area contributed by atoms with Crippen molar-refractivity contribution in [2.75, 3.05) is 12.4 Å². The zero-order valence-electron chi connectivity index (χ0n) is 12.6. The first-order chi connectivity index (χ1) is 9.19. The van der Waals surface area contributed by atoms with E-state index >= 15 is 0 Å². The minimum Gasteiger partial charge on any atom is -0.493 e. The van der Waals surface area contributed by atoms with Crippen LogP contribution >= 0.6 is 10.7 Å². The van der Waals surface area contributed by atoms with Crippen molar-refractivity contribution in [2.24, 2.45) is 5.92 Å². The molecule has 1 rings (SSSR count). The van der Waals surface area contributed by atoms with Gasteiger partial charge in [0, 0.05) is 10.7 Å². The average molecular weight is 319 g/mol. The molecule has 1 atom stereocenters. The highest BCUT2D eigenvalue weighted by atomic mass is 35.7. The van der Waals surface area contributed by atoms with Crippen LogP contribution in [0.1, 0.15) is 36.5 Å². The molecule has 0 spiro atoms. The summed E-state index contributed by atoms with van der Waals surface area (Å²) in [7, 11) is 1.82. The molecular formula is C15H23ClO3S. The van der Waals surface area contributed by atoms with Gasteiger partial charge < -0.3 is 4.74 Å². The third-order valence-electron chi connectivity index (χ3n) is 3.49. The maximum atomic E-state index is 10.9. The molecule has 3 nitrogen and oxygen atoms in total. The lowest BCUT2D eigenvalue weighted by Crippen LogP contribution is -2.09. The monoisotopic (exact) mass is 318 g/mol. The third kappa shape index (κ3) is 6.14. The van der Waals surface area contributed by atoms with Crippen LogP contribution in [0.4, 0.5) is 0 Å². The van der Waals surface area contributed by atoms with Crippen molar-refractivity contribution in [2.45, 2.75) is 40.5 Å². The molecule has 0 saturated heterocycles. The van der Waals surface area contributed by atoms with Crippen LogP contribution in [-0.4, -0.2) is 20.8 Å². The number of ether oxygens (including phenoxy) is 1. The number of hydrogen-bond donors (Lipinski definition) is 0. The van der Waals surface area contributed by atoms with Crippen LogP contribution in [0.15, 0.2) is 12.1 Å². The second-order valence-corrected chi connectivity index (χ2v) is 8.38. The predicted octanol–water partition coefficient (Wildman–Crippen LogP) is 3.98. The molecule has 5 heteroatoms. The van der Waals surface area contributed by atoms with Gasteiger partial charge in [-0.2, -0.15) is 0 Å². The van der Waals surface area contributed by atoms with Gasteiger partial charge in [-0.25, -0.2) is 8.42 Å². The minimum absolute atomic E-state index is 0.0261. The quantitative estimate of drug-likeness (QED) is 0.714. The standard InChI is InChI=1S/C15H23ClO3S/c1-11(6-8-20(16,17)18)5-7-19-15-10-12(2)9-13(3)14(15)4/h9-11H,5-8H2,1-4H3. The van der Waals surface area contributed by atoms with Crippen molar-refractivity contribution in [3.05, 3.63) is 28.8 Å². The van der Waals surface area contributed by atoms with Crippen molar-refractivity contribution in [1.29, 1.82) is 0 Å². The second kappa shape index (κ2) is 7.32. The van der Waals surface area contributed by atoms with Crippen molar-refractivity contribution >= 4 is 19.7 Å². The maximum Gasteiger partial charge on any atom is 0.232 e. The first-order valence-corrected chi connectivity index (χ1v) is 9.30. The van der Waals surface area contributed by atoms with Gasteiger partial charge in [-0.15, -0.1) is 0 Å². The molecule has 0 aliphatic heterocycles. The molecule has 0 fully saturated rings. The highest BCUT2D eigenvalue weighted by Gasteiger charge is 2.10. The number of halogens is 1. The Kier molecular flexibility index (Phi) is 6.34. The van der Waals surface area contributed by atoms with E-state index in [1.54, 1.807) is 0 Å². The van der Waals surface area contributed by atoms with Crippen LogP contribution < -0.4 is 4.74 Å². The lowest BCUT2D eigenvalue weighted by molar-refractivity contribution is 0.280. The van der Waals surface area contributed by atoms with Crippen molar-refractivity contribution in [3.63, 3.8) is 0 Å². The first kappa shape index (κ1) is 17.3. The van der Waals surface area contributed by atoms with Gasteiger partial charge in [-0.1, -0.05) is 13.0 Å². The fraction of sp³-hybridized carbons (Fsp3) is 0.600. The molecule has 0 radical (unpaired) electrons. The van der Waals surface area contributed by atoms with Crippen molar-refractivity contribution in [1.82, 2.24) is 0 Å². The number of aryl methyl sites for hydroxylation is 2. The van der Waals surface area contributed by atoms with Crippen molar-refractivity contribution < 1.29 is 13.2 Å². The lowest BCUT2D eigenvalue weighted by atomic mass is 10.0. The molecule has 0 saturated carbocycles. The van der Waals surface area contributed by atoms with Gasteiger partial charge in [0.25, 0.3) is 0 Å². The van der Waals surface area contributed by atoms with E-state index in [0.29, 0.717) is 13.0 Å². The van der Waals surface area contributed by atoms with E-state index in [2.05, 4.69) is 13.0 Å². The van der Waals surface area contributed by atoms with E-state index in [1.807, 2.05) is 26.8 Å². The minimum atomic E-state index is -3.38. The molecule has 1 aromatic carbocycles. The van der Waals surface area contributed by atoms with Gasteiger partial charge in [0.15, 0.2) is 0 Å². The SMILES string of the molecule is Cc1cc(C)c(C)c(OCCC(C)CCS(=O)(=O)Cl)c1. The van der Waals surface area contributed by atoms with Gasteiger partial charge in [-0.05, 0) is 62.3 Å². The normalized spacial score (nSPS) is 13.2. The number of rotatable bonds is 7.